The first-order chi connectivity index (χ1) is 2.89. The van der Waals surface area contributed by atoms with E-state index in [1.807, 2.05) is 0 Å². The van der Waals surface area contributed by atoms with Crippen LogP contribution in [0.3, 0.4) is 0 Å². The van der Waals surface area contributed by atoms with Gasteiger partial charge < -0.3 is 10.0 Å². The van der Waals surface area contributed by atoms with Crippen LogP contribution in [0.5, 0.6) is 0 Å². The molecule has 0 spiro atoms. The zero-order chi connectivity index (χ0) is 4.41. The van der Waals surface area contributed by atoms with E-state index in [1.54, 1.807) is 11.9 Å². The fraction of sp³-hybridized carbons (Fsp3) is 0.333. The summed E-state index contributed by atoms with van der Waals surface area (Å²) in [6, 6.07) is 0. The molecule has 1 heterocycles. The Morgan fingerprint density at radius 3 is 2.83 bits per heavy atom. The summed E-state index contributed by atoms with van der Waals surface area (Å²) in [6.45, 7) is 3.61. The zero-order valence-corrected chi connectivity index (χ0v) is 4.14. The average molecular weight is 102 g/mol. The molecule has 1 rings (SSSR count). The van der Waals surface area contributed by atoms with Gasteiger partial charge in [0, 0.05) is 0 Å². The van der Waals surface area contributed by atoms with Crippen molar-refractivity contribution in [3.63, 3.8) is 0 Å². The molecule has 0 unspecified atom stereocenters. The van der Waals surface area contributed by atoms with Gasteiger partial charge in [-0.1, -0.05) is 6.58 Å². The second-order valence-electron chi connectivity index (χ2n) is 1.05. The van der Waals surface area contributed by atoms with Gasteiger partial charge in [-0.2, -0.15) is 0 Å². The normalized spacial score (nSPS) is 19.7. The predicted molar refractivity (Wildman–Crippen MR) is 27.9 cm³/mol. The van der Waals surface area contributed by atoms with Crippen molar-refractivity contribution in [1.29, 1.82) is 0 Å². The highest BCUT2D eigenvalue weighted by Crippen LogP contribution is 2.00. The van der Waals surface area contributed by atoms with Crippen LogP contribution in [0.4, 0.5) is 0 Å². The third-order valence-corrected chi connectivity index (χ3v) is 1.23. The lowest BCUT2D eigenvalue weighted by Gasteiger charge is -1.87. The third-order valence-electron chi connectivity index (χ3n) is 0.553. The van der Waals surface area contributed by atoms with Crippen LogP contribution >= 0.6 is 11.9 Å². The minimum Gasteiger partial charge on any atom is -0.361 e. The maximum absolute atomic E-state index is 3.61. The van der Waals surface area contributed by atoms with E-state index in [0.717, 1.165) is 11.7 Å². The Balaban J connectivity index is 2.37. The molecule has 1 fully saturated rings. The molecule has 34 valence electrons. The Morgan fingerprint density at radius 1 is 1.83 bits per heavy atom. The minimum absolute atomic E-state index is 0.917. The van der Waals surface area contributed by atoms with Crippen LogP contribution < -0.4 is 10.0 Å². The number of hydrogen-bond donors (Lipinski definition) is 2. The van der Waals surface area contributed by atoms with E-state index in [-0.39, 0.29) is 0 Å². The third kappa shape index (κ3) is 0.597. The lowest BCUT2D eigenvalue weighted by molar-refractivity contribution is 0.962. The van der Waals surface area contributed by atoms with Gasteiger partial charge in [-0.15, -0.1) is 0 Å². The molecule has 6 heavy (non-hydrogen) atoms. The highest BCUT2D eigenvalue weighted by molar-refractivity contribution is 7.97. The largest absolute Gasteiger partial charge is 0.361 e. The molecule has 0 saturated carbocycles. The van der Waals surface area contributed by atoms with Gasteiger partial charge in [-0.25, -0.2) is 0 Å². The molecule has 0 aromatic rings. The Bertz CT molecular complexity index is 63.2. The maximum Gasteiger partial charge on any atom is 0.102 e. The first kappa shape index (κ1) is 3.87. The van der Waals surface area contributed by atoms with Crippen LogP contribution in [0.1, 0.15) is 0 Å². The Labute approximate surface area is 41.1 Å². The van der Waals surface area contributed by atoms with Crippen LogP contribution in [-0.2, 0) is 0 Å². The molecule has 0 aromatic carbocycles. The van der Waals surface area contributed by atoms with Crippen LogP contribution in [-0.4, -0.2) is 5.88 Å². The second-order valence-corrected chi connectivity index (χ2v) is 1.83. The van der Waals surface area contributed by atoms with Gasteiger partial charge in [0.25, 0.3) is 0 Å². The van der Waals surface area contributed by atoms with Gasteiger partial charge in [0.05, 0.1) is 5.88 Å². The summed E-state index contributed by atoms with van der Waals surface area (Å²) < 4.78 is 2.93. The fourth-order valence-corrected chi connectivity index (χ4v) is 0.847. The summed E-state index contributed by atoms with van der Waals surface area (Å²) >= 11 is 1.62. The lowest BCUT2D eigenvalue weighted by Crippen LogP contribution is -2.06. The van der Waals surface area contributed by atoms with E-state index in [4.69, 9.17) is 0 Å². The van der Waals surface area contributed by atoms with Crippen molar-refractivity contribution in [2.75, 3.05) is 5.88 Å². The van der Waals surface area contributed by atoms with E-state index >= 15 is 0 Å². The van der Waals surface area contributed by atoms with Crippen LogP contribution in [0.2, 0.25) is 0 Å². The molecule has 0 radical (unpaired) electrons. The van der Waals surface area contributed by atoms with Gasteiger partial charge in [0.15, 0.2) is 0 Å². The van der Waals surface area contributed by atoms with Crippen molar-refractivity contribution < 1.29 is 0 Å². The quantitative estimate of drug-likeness (QED) is 0.429. The molecule has 0 atom stereocenters. The van der Waals surface area contributed by atoms with E-state index in [0.29, 0.717) is 0 Å². The standard InChI is InChI=1S/C3H6N2S/c1-3-4-2-6-5-3/h4-5H,1-2H2. The topological polar surface area (TPSA) is 24.1 Å². The lowest BCUT2D eigenvalue weighted by atomic mass is 10.8. The minimum atomic E-state index is 0.917. The molecule has 0 aliphatic carbocycles. The molecule has 1 aliphatic heterocycles. The van der Waals surface area contributed by atoms with Gasteiger partial charge in [0.2, 0.25) is 0 Å². The molecule has 1 saturated heterocycles. The van der Waals surface area contributed by atoms with Crippen LogP contribution in [0.25, 0.3) is 0 Å². The van der Waals surface area contributed by atoms with E-state index < -0.39 is 0 Å². The smallest absolute Gasteiger partial charge is 0.102 e. The van der Waals surface area contributed by atoms with Crippen molar-refractivity contribution in [2.24, 2.45) is 0 Å². The highest BCUT2D eigenvalue weighted by Gasteiger charge is 1.97. The summed E-state index contributed by atoms with van der Waals surface area (Å²) in [4.78, 5) is 0. The van der Waals surface area contributed by atoms with Gasteiger partial charge in [-0.05, 0) is 11.9 Å². The SMILES string of the molecule is C=C1NCSN1. The summed E-state index contributed by atoms with van der Waals surface area (Å²) in [7, 11) is 0. The molecular weight excluding hydrogens is 96.1 g/mol. The Kier molecular flexibility index (Phi) is 0.919. The van der Waals surface area contributed by atoms with Gasteiger partial charge in [0.1, 0.15) is 5.82 Å². The number of rotatable bonds is 0. The molecular formula is C3H6N2S. The second kappa shape index (κ2) is 1.43. The van der Waals surface area contributed by atoms with Crippen molar-refractivity contribution in [2.45, 2.75) is 0 Å². The molecule has 0 bridgehead atoms. The molecule has 0 aromatic heterocycles. The molecule has 0 amide bonds. The Hall–Kier alpha value is -0.310. The van der Waals surface area contributed by atoms with Crippen molar-refractivity contribution >= 4 is 11.9 Å². The first-order valence-electron chi connectivity index (χ1n) is 1.70. The van der Waals surface area contributed by atoms with Crippen molar-refractivity contribution in [3.05, 3.63) is 12.4 Å². The molecule has 2 nitrogen and oxygen atoms in total. The Morgan fingerprint density at radius 2 is 2.67 bits per heavy atom. The summed E-state index contributed by atoms with van der Waals surface area (Å²) in [5, 5.41) is 2.98. The van der Waals surface area contributed by atoms with E-state index in [2.05, 4.69) is 16.6 Å². The van der Waals surface area contributed by atoms with Crippen LogP contribution in [0.15, 0.2) is 12.4 Å². The summed E-state index contributed by atoms with van der Waals surface area (Å²) in [5.41, 5.74) is 0. The molecule has 1 aliphatic rings. The predicted octanol–water partition coefficient (Wildman–Crippen LogP) is 0.256. The highest BCUT2D eigenvalue weighted by atomic mass is 32.2. The number of hydrogen-bond acceptors (Lipinski definition) is 3. The van der Waals surface area contributed by atoms with E-state index in [9.17, 15) is 0 Å². The zero-order valence-electron chi connectivity index (χ0n) is 3.32. The first-order valence-corrected chi connectivity index (χ1v) is 2.69. The maximum atomic E-state index is 3.61. The van der Waals surface area contributed by atoms with Crippen molar-refractivity contribution in [3.8, 4) is 0 Å². The van der Waals surface area contributed by atoms with Crippen molar-refractivity contribution in [1.82, 2.24) is 10.0 Å². The average Bonchev–Trinajstić information content (AvgIpc) is 1.86. The molecule has 2 N–H and O–H groups in total. The summed E-state index contributed by atoms with van der Waals surface area (Å²) in [5.74, 6) is 1.86. The number of nitrogens with one attached hydrogen (secondary N) is 2. The monoisotopic (exact) mass is 102 g/mol. The van der Waals surface area contributed by atoms with Gasteiger partial charge >= 0.3 is 0 Å². The fourth-order valence-electron chi connectivity index (χ4n) is 0.282. The van der Waals surface area contributed by atoms with Crippen LogP contribution in [0, 0.1) is 0 Å². The summed E-state index contributed by atoms with van der Waals surface area (Å²) in [6.07, 6.45) is 0. The van der Waals surface area contributed by atoms with E-state index in [1.165, 1.54) is 0 Å². The molecule has 3 heteroatoms. The van der Waals surface area contributed by atoms with Gasteiger partial charge in [-0.3, -0.25) is 0 Å².